The summed E-state index contributed by atoms with van der Waals surface area (Å²) in [6, 6.07) is 5.21. The molecule has 2 nitrogen and oxygen atoms in total. The number of hydrogen-bond donors (Lipinski definition) is 0. The molecule has 0 aliphatic carbocycles. The van der Waals surface area contributed by atoms with Crippen molar-refractivity contribution in [3.8, 4) is 11.8 Å². The Morgan fingerprint density at radius 3 is 2.09 bits per heavy atom. The highest BCUT2D eigenvalue weighted by Crippen LogP contribution is 2.22. The summed E-state index contributed by atoms with van der Waals surface area (Å²) in [5, 5.41) is 19.7. The maximum Gasteiger partial charge on any atom is 0.184 e. The molecule has 1 rings (SSSR count). The van der Waals surface area contributed by atoms with Gasteiger partial charge in [-0.25, -0.2) is 0 Å². The smallest absolute Gasteiger partial charge is 0.184 e. The molecule has 0 saturated carbocycles. The van der Waals surface area contributed by atoms with E-state index in [0.29, 0.717) is 16.7 Å². The van der Waals surface area contributed by atoms with E-state index in [-0.39, 0.29) is 5.75 Å². The van der Waals surface area contributed by atoms with Crippen LogP contribution in [0.4, 0.5) is 0 Å². The van der Waals surface area contributed by atoms with Crippen LogP contribution in [0, 0.1) is 25.2 Å². The summed E-state index contributed by atoms with van der Waals surface area (Å²) in [7, 11) is 0. The summed E-state index contributed by atoms with van der Waals surface area (Å²) < 4.78 is 0. The van der Waals surface area contributed by atoms with Crippen LogP contribution in [0.2, 0.25) is 0 Å². The first kappa shape index (κ1) is 7.62. The Morgan fingerprint density at radius 2 is 1.73 bits per heavy atom. The van der Waals surface area contributed by atoms with Crippen molar-refractivity contribution in [3.05, 3.63) is 28.8 Å². The van der Waals surface area contributed by atoms with Crippen LogP contribution in [0.25, 0.3) is 0 Å². The predicted molar refractivity (Wildman–Crippen MR) is 40.8 cm³/mol. The second-order valence-corrected chi connectivity index (χ2v) is 2.55. The average molecular weight is 146 g/mol. The molecular weight excluding hydrogens is 138 g/mol. The summed E-state index contributed by atoms with van der Waals surface area (Å²) >= 11 is 0. The molecule has 11 heavy (non-hydrogen) atoms. The van der Waals surface area contributed by atoms with Gasteiger partial charge in [-0.1, -0.05) is 0 Å². The molecule has 0 amide bonds. The van der Waals surface area contributed by atoms with Crippen LogP contribution < -0.4 is 0 Å². The lowest BCUT2D eigenvalue weighted by atomic mass is 10.1. The van der Waals surface area contributed by atoms with Gasteiger partial charge in [0.1, 0.15) is 0 Å². The Kier molecular flexibility index (Phi) is 1.82. The highest BCUT2D eigenvalue weighted by Gasteiger charge is 2.03. The summed E-state index contributed by atoms with van der Waals surface area (Å²) in [6.45, 7) is 3.44. The van der Waals surface area contributed by atoms with Gasteiger partial charge in [0.2, 0.25) is 0 Å². The highest BCUT2D eigenvalue weighted by molar-refractivity contribution is 5.45. The Bertz CT molecular complexity index is 300. The van der Waals surface area contributed by atoms with Crippen molar-refractivity contribution in [2.45, 2.75) is 13.8 Å². The molecule has 2 heteroatoms. The lowest BCUT2D eigenvalue weighted by Crippen LogP contribution is -1.82. The Morgan fingerprint density at radius 1 is 1.27 bits per heavy atom. The molecule has 0 aromatic heterocycles. The molecular formula is C9H8NO. The van der Waals surface area contributed by atoms with E-state index in [2.05, 4.69) is 0 Å². The topological polar surface area (TPSA) is 43.7 Å². The fourth-order valence-electron chi connectivity index (χ4n) is 1.01. The molecule has 0 fully saturated rings. The van der Waals surface area contributed by atoms with Crippen molar-refractivity contribution in [2.75, 3.05) is 0 Å². The van der Waals surface area contributed by atoms with Gasteiger partial charge in [-0.3, -0.25) is 5.11 Å². The van der Waals surface area contributed by atoms with E-state index in [9.17, 15) is 5.11 Å². The van der Waals surface area contributed by atoms with Crippen LogP contribution in [0.5, 0.6) is 5.75 Å². The van der Waals surface area contributed by atoms with Gasteiger partial charge in [0.25, 0.3) is 0 Å². The van der Waals surface area contributed by atoms with Gasteiger partial charge < -0.3 is 0 Å². The van der Waals surface area contributed by atoms with E-state index in [1.807, 2.05) is 6.07 Å². The first-order chi connectivity index (χ1) is 5.15. The summed E-state index contributed by atoms with van der Waals surface area (Å²) in [5.41, 5.74) is 1.84. The van der Waals surface area contributed by atoms with Crippen LogP contribution in [0.3, 0.4) is 0 Å². The summed E-state index contributed by atoms with van der Waals surface area (Å²) in [5.74, 6) is 0.0315. The van der Waals surface area contributed by atoms with Crippen LogP contribution in [-0.4, -0.2) is 0 Å². The fraction of sp³-hybridized carbons (Fsp3) is 0.222. The largest absolute Gasteiger partial charge is 0.289 e. The first-order valence-corrected chi connectivity index (χ1v) is 3.33. The lowest BCUT2D eigenvalue weighted by molar-refractivity contribution is 0.348. The number of aryl methyl sites for hydroxylation is 2. The molecule has 0 atom stereocenters. The number of benzene rings is 1. The third kappa shape index (κ3) is 1.32. The predicted octanol–water partition coefficient (Wildman–Crippen LogP) is 2.32. The maximum absolute atomic E-state index is 11.1. The lowest BCUT2D eigenvalue weighted by Gasteiger charge is -1.98. The van der Waals surface area contributed by atoms with Crippen molar-refractivity contribution in [1.29, 1.82) is 5.26 Å². The zero-order chi connectivity index (χ0) is 8.43. The molecule has 1 aromatic carbocycles. The standard InChI is InChI=1S/C9H8NO/c1-6-3-8(5-10)4-7(2)9(6)11/h3-4H,1-2H3. The van der Waals surface area contributed by atoms with Crippen molar-refractivity contribution in [1.82, 2.24) is 0 Å². The van der Waals surface area contributed by atoms with Crippen molar-refractivity contribution < 1.29 is 5.11 Å². The molecule has 0 saturated heterocycles. The molecule has 0 aliphatic rings. The monoisotopic (exact) mass is 146 g/mol. The van der Waals surface area contributed by atoms with Crippen molar-refractivity contribution >= 4 is 0 Å². The van der Waals surface area contributed by atoms with Crippen molar-refractivity contribution in [2.24, 2.45) is 0 Å². The molecule has 0 N–H and O–H groups in total. The van der Waals surface area contributed by atoms with Gasteiger partial charge in [-0.2, -0.15) is 5.26 Å². The summed E-state index contributed by atoms with van der Waals surface area (Å²) in [6.07, 6.45) is 0. The Labute approximate surface area is 65.7 Å². The minimum Gasteiger partial charge on any atom is -0.289 e. The first-order valence-electron chi connectivity index (χ1n) is 3.33. The molecule has 1 radical (unpaired) electrons. The molecule has 0 unspecified atom stereocenters. The third-order valence-corrected chi connectivity index (χ3v) is 1.59. The second kappa shape index (κ2) is 2.63. The number of nitrogens with zero attached hydrogens (tertiary/aromatic N) is 1. The zero-order valence-corrected chi connectivity index (χ0v) is 6.51. The molecule has 0 aliphatic heterocycles. The van der Waals surface area contributed by atoms with Crippen LogP contribution >= 0.6 is 0 Å². The zero-order valence-electron chi connectivity index (χ0n) is 6.51. The second-order valence-electron chi connectivity index (χ2n) is 2.55. The van der Waals surface area contributed by atoms with Gasteiger partial charge in [0.05, 0.1) is 11.6 Å². The van der Waals surface area contributed by atoms with E-state index in [0.717, 1.165) is 0 Å². The molecule has 55 valence electrons. The van der Waals surface area contributed by atoms with Gasteiger partial charge in [0.15, 0.2) is 5.75 Å². The molecule has 0 spiro atoms. The van der Waals surface area contributed by atoms with E-state index < -0.39 is 0 Å². The van der Waals surface area contributed by atoms with Gasteiger partial charge in [0, 0.05) is 0 Å². The van der Waals surface area contributed by atoms with E-state index in [4.69, 9.17) is 5.26 Å². The Balaban J connectivity index is 3.35. The van der Waals surface area contributed by atoms with Crippen LogP contribution in [0.15, 0.2) is 12.1 Å². The van der Waals surface area contributed by atoms with E-state index in [1.54, 1.807) is 26.0 Å². The fourth-order valence-corrected chi connectivity index (χ4v) is 1.01. The Hall–Kier alpha value is -1.49. The van der Waals surface area contributed by atoms with Crippen LogP contribution in [0.1, 0.15) is 16.7 Å². The molecule has 1 aromatic rings. The average Bonchev–Trinajstić information content (AvgIpc) is 1.99. The quantitative estimate of drug-likeness (QED) is 0.553. The van der Waals surface area contributed by atoms with Gasteiger partial charge >= 0.3 is 0 Å². The number of hydrogen-bond acceptors (Lipinski definition) is 1. The SMILES string of the molecule is Cc1cc(C#N)cc(C)c1[O]. The van der Waals surface area contributed by atoms with Crippen molar-refractivity contribution in [3.63, 3.8) is 0 Å². The van der Waals surface area contributed by atoms with E-state index >= 15 is 0 Å². The highest BCUT2D eigenvalue weighted by atomic mass is 16.3. The van der Waals surface area contributed by atoms with Gasteiger partial charge in [-0.15, -0.1) is 0 Å². The minimum absolute atomic E-state index is 0.0315. The van der Waals surface area contributed by atoms with E-state index in [1.165, 1.54) is 0 Å². The number of nitriles is 1. The summed E-state index contributed by atoms with van der Waals surface area (Å²) in [4.78, 5) is 0. The minimum atomic E-state index is 0.0315. The van der Waals surface area contributed by atoms with Gasteiger partial charge in [-0.05, 0) is 37.1 Å². The maximum atomic E-state index is 11.1. The molecule has 0 heterocycles. The molecule has 0 bridgehead atoms. The third-order valence-electron chi connectivity index (χ3n) is 1.59. The number of rotatable bonds is 0. The van der Waals surface area contributed by atoms with Crippen LogP contribution in [-0.2, 0) is 5.11 Å². The normalized spacial score (nSPS) is 9.18.